The van der Waals surface area contributed by atoms with E-state index < -0.39 is 0 Å². The number of likely N-dealkylation sites (tertiary alicyclic amines) is 1. The molecule has 20 heavy (non-hydrogen) atoms. The summed E-state index contributed by atoms with van der Waals surface area (Å²) in [7, 11) is 0. The standard InChI is InChI=1S/C15H23N3O2/c1-2-17-9-7-14(8-10-17)12-16-11-13-3-5-15(6-4-13)18(19)20/h3-6,14,16H,2,7-12H2,1H3. The summed E-state index contributed by atoms with van der Waals surface area (Å²) in [5, 5.41) is 14.0. The predicted molar refractivity (Wildman–Crippen MR) is 79.6 cm³/mol. The van der Waals surface area contributed by atoms with Crippen LogP contribution in [-0.4, -0.2) is 36.0 Å². The van der Waals surface area contributed by atoms with Gasteiger partial charge in [0.25, 0.3) is 5.69 Å². The Morgan fingerprint density at radius 2 is 1.95 bits per heavy atom. The van der Waals surface area contributed by atoms with Gasteiger partial charge in [-0.15, -0.1) is 0 Å². The fourth-order valence-electron chi connectivity index (χ4n) is 2.66. The number of nitrogens with one attached hydrogen (secondary N) is 1. The Kier molecular flexibility index (Phi) is 5.49. The molecule has 2 rings (SSSR count). The molecule has 1 aliphatic rings. The van der Waals surface area contributed by atoms with E-state index in [0.717, 1.165) is 31.1 Å². The Bertz CT molecular complexity index is 425. The average Bonchev–Trinajstić information content (AvgIpc) is 2.48. The van der Waals surface area contributed by atoms with Gasteiger partial charge in [0.1, 0.15) is 0 Å². The smallest absolute Gasteiger partial charge is 0.269 e. The zero-order valence-electron chi connectivity index (χ0n) is 12.0. The highest BCUT2D eigenvalue weighted by atomic mass is 16.6. The van der Waals surface area contributed by atoms with Crippen LogP contribution in [0.2, 0.25) is 0 Å². The van der Waals surface area contributed by atoms with Gasteiger partial charge in [-0.05, 0) is 50.5 Å². The SMILES string of the molecule is CCN1CCC(CNCc2ccc([N+](=O)[O-])cc2)CC1. The first-order valence-corrected chi connectivity index (χ1v) is 7.35. The minimum Gasteiger partial charge on any atom is -0.312 e. The van der Waals surface area contributed by atoms with Crippen molar-refractivity contribution in [2.45, 2.75) is 26.3 Å². The second-order valence-corrected chi connectivity index (χ2v) is 5.43. The summed E-state index contributed by atoms with van der Waals surface area (Å²) in [5.41, 5.74) is 1.25. The van der Waals surface area contributed by atoms with Crippen molar-refractivity contribution in [2.24, 2.45) is 5.92 Å². The zero-order chi connectivity index (χ0) is 14.4. The number of rotatable bonds is 6. The van der Waals surface area contributed by atoms with Crippen molar-refractivity contribution < 1.29 is 4.92 Å². The van der Waals surface area contributed by atoms with Gasteiger partial charge < -0.3 is 10.2 Å². The van der Waals surface area contributed by atoms with E-state index in [-0.39, 0.29) is 10.6 Å². The third-order valence-electron chi connectivity index (χ3n) is 4.06. The van der Waals surface area contributed by atoms with Gasteiger partial charge in [-0.1, -0.05) is 19.1 Å². The fraction of sp³-hybridized carbons (Fsp3) is 0.600. The molecule has 5 nitrogen and oxygen atoms in total. The van der Waals surface area contributed by atoms with E-state index in [4.69, 9.17) is 0 Å². The Hall–Kier alpha value is -1.46. The van der Waals surface area contributed by atoms with E-state index in [0.29, 0.717) is 0 Å². The molecule has 1 aromatic carbocycles. The summed E-state index contributed by atoms with van der Waals surface area (Å²) in [6.45, 7) is 7.61. The van der Waals surface area contributed by atoms with E-state index in [9.17, 15) is 10.1 Å². The predicted octanol–water partition coefficient (Wildman–Crippen LogP) is 2.42. The number of hydrogen-bond donors (Lipinski definition) is 1. The van der Waals surface area contributed by atoms with E-state index in [1.165, 1.54) is 25.9 Å². The van der Waals surface area contributed by atoms with E-state index in [1.54, 1.807) is 12.1 Å². The molecular formula is C15H23N3O2. The fourth-order valence-corrected chi connectivity index (χ4v) is 2.66. The molecule has 110 valence electrons. The summed E-state index contributed by atoms with van der Waals surface area (Å²) in [6.07, 6.45) is 2.53. The molecule has 0 unspecified atom stereocenters. The second-order valence-electron chi connectivity index (χ2n) is 5.43. The van der Waals surface area contributed by atoms with Crippen LogP contribution in [0.25, 0.3) is 0 Å². The van der Waals surface area contributed by atoms with Crippen LogP contribution < -0.4 is 5.32 Å². The number of hydrogen-bond acceptors (Lipinski definition) is 4. The lowest BCUT2D eigenvalue weighted by atomic mass is 9.97. The minimum absolute atomic E-state index is 0.153. The highest BCUT2D eigenvalue weighted by molar-refractivity contribution is 5.32. The lowest BCUT2D eigenvalue weighted by molar-refractivity contribution is -0.384. The van der Waals surface area contributed by atoms with Gasteiger partial charge in [0.2, 0.25) is 0 Å². The molecule has 0 saturated carbocycles. The van der Waals surface area contributed by atoms with E-state index >= 15 is 0 Å². The van der Waals surface area contributed by atoms with Crippen LogP contribution >= 0.6 is 0 Å². The van der Waals surface area contributed by atoms with E-state index in [2.05, 4.69) is 17.1 Å². The molecule has 0 aromatic heterocycles. The summed E-state index contributed by atoms with van der Waals surface area (Å²) >= 11 is 0. The maximum atomic E-state index is 10.6. The molecule has 1 saturated heterocycles. The van der Waals surface area contributed by atoms with Crippen LogP contribution in [0.1, 0.15) is 25.3 Å². The maximum absolute atomic E-state index is 10.6. The molecule has 0 aliphatic carbocycles. The summed E-state index contributed by atoms with van der Waals surface area (Å²) in [5.74, 6) is 0.760. The van der Waals surface area contributed by atoms with Crippen molar-refractivity contribution in [3.05, 3.63) is 39.9 Å². The zero-order valence-corrected chi connectivity index (χ0v) is 12.0. The number of nitro benzene ring substituents is 1. The Morgan fingerprint density at radius 1 is 1.30 bits per heavy atom. The molecule has 0 spiro atoms. The van der Waals surface area contributed by atoms with Gasteiger partial charge in [0, 0.05) is 18.7 Å². The van der Waals surface area contributed by atoms with Crippen molar-refractivity contribution in [1.29, 1.82) is 0 Å². The highest BCUT2D eigenvalue weighted by Crippen LogP contribution is 2.16. The molecule has 5 heteroatoms. The van der Waals surface area contributed by atoms with Gasteiger partial charge >= 0.3 is 0 Å². The van der Waals surface area contributed by atoms with Crippen LogP contribution in [0, 0.1) is 16.0 Å². The lowest BCUT2D eigenvalue weighted by Crippen LogP contribution is -2.36. The number of non-ortho nitro benzene ring substituents is 1. The molecular weight excluding hydrogens is 254 g/mol. The number of piperidine rings is 1. The van der Waals surface area contributed by atoms with Crippen molar-refractivity contribution in [3.8, 4) is 0 Å². The molecule has 1 aliphatic heterocycles. The highest BCUT2D eigenvalue weighted by Gasteiger charge is 2.17. The first-order chi connectivity index (χ1) is 9.69. The first-order valence-electron chi connectivity index (χ1n) is 7.35. The minimum atomic E-state index is -0.362. The normalized spacial score (nSPS) is 17.2. The molecule has 0 atom stereocenters. The van der Waals surface area contributed by atoms with Crippen LogP contribution in [-0.2, 0) is 6.54 Å². The van der Waals surface area contributed by atoms with Crippen molar-refractivity contribution >= 4 is 5.69 Å². The Labute approximate surface area is 120 Å². The molecule has 1 fully saturated rings. The summed E-state index contributed by atoms with van der Waals surface area (Å²) < 4.78 is 0. The largest absolute Gasteiger partial charge is 0.312 e. The molecule has 1 aromatic rings. The Morgan fingerprint density at radius 3 is 2.50 bits per heavy atom. The van der Waals surface area contributed by atoms with Crippen molar-refractivity contribution in [2.75, 3.05) is 26.2 Å². The van der Waals surface area contributed by atoms with Gasteiger partial charge in [-0.2, -0.15) is 0 Å². The second kappa shape index (κ2) is 7.36. The van der Waals surface area contributed by atoms with Crippen molar-refractivity contribution in [1.82, 2.24) is 10.2 Å². The number of nitrogens with zero attached hydrogens (tertiary/aromatic N) is 2. The third-order valence-corrected chi connectivity index (χ3v) is 4.06. The molecule has 0 bridgehead atoms. The van der Waals surface area contributed by atoms with Crippen molar-refractivity contribution in [3.63, 3.8) is 0 Å². The van der Waals surface area contributed by atoms with Gasteiger partial charge in [-0.3, -0.25) is 10.1 Å². The van der Waals surface area contributed by atoms with Crippen LogP contribution in [0.15, 0.2) is 24.3 Å². The first kappa shape index (κ1) is 14.9. The number of nitro groups is 1. The topological polar surface area (TPSA) is 58.4 Å². The molecule has 0 amide bonds. The summed E-state index contributed by atoms with van der Waals surface area (Å²) in [4.78, 5) is 12.7. The van der Waals surface area contributed by atoms with E-state index in [1.807, 2.05) is 12.1 Å². The van der Waals surface area contributed by atoms with Gasteiger partial charge in [0.15, 0.2) is 0 Å². The van der Waals surface area contributed by atoms with Gasteiger partial charge in [0.05, 0.1) is 4.92 Å². The monoisotopic (exact) mass is 277 g/mol. The molecule has 0 radical (unpaired) electrons. The third kappa shape index (κ3) is 4.28. The average molecular weight is 277 g/mol. The number of benzene rings is 1. The van der Waals surface area contributed by atoms with Crippen LogP contribution in [0.3, 0.4) is 0 Å². The van der Waals surface area contributed by atoms with Crippen LogP contribution in [0.5, 0.6) is 0 Å². The maximum Gasteiger partial charge on any atom is 0.269 e. The van der Waals surface area contributed by atoms with Crippen LogP contribution in [0.4, 0.5) is 5.69 Å². The quantitative estimate of drug-likeness (QED) is 0.641. The molecule has 1 N–H and O–H groups in total. The lowest BCUT2D eigenvalue weighted by Gasteiger charge is -2.31. The Balaban J connectivity index is 1.69. The summed E-state index contributed by atoms with van der Waals surface area (Å²) in [6, 6.07) is 6.78. The van der Waals surface area contributed by atoms with Gasteiger partial charge in [-0.25, -0.2) is 0 Å². The molecule has 1 heterocycles.